The number of nitrogens with zero attached hydrogens (tertiary/aromatic N) is 1. The van der Waals surface area contributed by atoms with Crippen molar-refractivity contribution in [2.24, 2.45) is 0 Å². The van der Waals surface area contributed by atoms with Crippen LogP contribution in [0.25, 0.3) is 0 Å². The van der Waals surface area contributed by atoms with E-state index in [-0.39, 0.29) is 18.6 Å². The van der Waals surface area contributed by atoms with Crippen molar-refractivity contribution in [2.45, 2.75) is 51.4 Å². The van der Waals surface area contributed by atoms with Gasteiger partial charge in [0, 0.05) is 25.2 Å². The normalized spacial score (nSPS) is 22.4. The molecule has 0 radical (unpaired) electrons. The number of piperidine rings is 1. The van der Waals surface area contributed by atoms with E-state index < -0.39 is 22.9 Å². The van der Waals surface area contributed by atoms with Crippen LogP contribution in [0.1, 0.15) is 33.1 Å². The Bertz CT molecular complexity index is 398. The maximum atomic E-state index is 12.1. The zero-order valence-electron chi connectivity index (χ0n) is 11.7. The maximum absolute atomic E-state index is 12.1. The van der Waals surface area contributed by atoms with Crippen LogP contribution in [0.3, 0.4) is 0 Å². The molecule has 1 rings (SSSR count). The fourth-order valence-corrected chi connectivity index (χ4v) is 3.58. The molecule has 0 amide bonds. The van der Waals surface area contributed by atoms with Gasteiger partial charge in [-0.3, -0.25) is 0 Å². The molecule has 1 fully saturated rings. The highest BCUT2D eigenvalue weighted by atomic mass is 32.2. The predicted molar refractivity (Wildman–Crippen MR) is 70.5 cm³/mol. The molecule has 20 heavy (non-hydrogen) atoms. The van der Waals surface area contributed by atoms with E-state index in [2.05, 4.69) is 5.32 Å². The lowest BCUT2D eigenvalue weighted by Crippen LogP contribution is -2.54. The summed E-state index contributed by atoms with van der Waals surface area (Å²) >= 11 is 0. The zero-order chi connectivity index (χ0) is 15.4. The molecule has 1 aliphatic heterocycles. The average Bonchev–Trinajstić information content (AvgIpc) is 2.33. The maximum Gasteiger partial charge on any atom is 0.402 e. The van der Waals surface area contributed by atoms with E-state index in [9.17, 15) is 21.6 Å². The second-order valence-electron chi connectivity index (χ2n) is 5.26. The van der Waals surface area contributed by atoms with Crippen molar-refractivity contribution < 1.29 is 21.6 Å². The molecule has 120 valence electrons. The van der Waals surface area contributed by atoms with Crippen molar-refractivity contribution in [3.63, 3.8) is 0 Å². The van der Waals surface area contributed by atoms with Gasteiger partial charge in [-0.25, -0.2) is 0 Å². The highest BCUT2D eigenvalue weighted by Crippen LogP contribution is 2.20. The lowest BCUT2D eigenvalue weighted by Gasteiger charge is -2.35. The molecule has 0 aromatic heterocycles. The number of nitrogens with one attached hydrogen (secondary N) is 2. The third-order valence-electron chi connectivity index (χ3n) is 3.10. The van der Waals surface area contributed by atoms with Crippen molar-refractivity contribution in [3.8, 4) is 0 Å². The standard InChI is InChI=1S/C11H22F3N3O2S/c1-9(2)15-7-10-5-3-4-6-17(10)20(18,19)16-8-11(12,13)14/h9-10,15-16H,3-8H2,1-2H3. The van der Waals surface area contributed by atoms with Crippen molar-refractivity contribution in [3.05, 3.63) is 0 Å². The van der Waals surface area contributed by atoms with Gasteiger partial charge in [-0.2, -0.15) is 30.6 Å². The second kappa shape index (κ2) is 7.06. The monoisotopic (exact) mass is 317 g/mol. The van der Waals surface area contributed by atoms with Crippen LogP contribution >= 0.6 is 0 Å². The molecule has 9 heteroatoms. The third-order valence-corrected chi connectivity index (χ3v) is 4.71. The summed E-state index contributed by atoms with van der Waals surface area (Å²) in [5, 5.41) is 3.13. The molecule has 0 aliphatic carbocycles. The summed E-state index contributed by atoms with van der Waals surface area (Å²) in [4.78, 5) is 0. The fourth-order valence-electron chi connectivity index (χ4n) is 2.12. The minimum absolute atomic E-state index is 0.199. The number of alkyl halides is 3. The molecule has 1 unspecified atom stereocenters. The van der Waals surface area contributed by atoms with E-state index in [1.807, 2.05) is 13.8 Å². The van der Waals surface area contributed by atoms with E-state index in [0.29, 0.717) is 19.4 Å². The number of hydrogen-bond acceptors (Lipinski definition) is 3. The molecule has 1 atom stereocenters. The first kappa shape index (κ1) is 17.7. The van der Waals surface area contributed by atoms with Crippen molar-refractivity contribution in [2.75, 3.05) is 19.6 Å². The molecular weight excluding hydrogens is 295 g/mol. The summed E-state index contributed by atoms with van der Waals surface area (Å²) in [6.07, 6.45) is -2.33. The molecule has 5 nitrogen and oxygen atoms in total. The summed E-state index contributed by atoms with van der Waals surface area (Å²) in [6.45, 7) is 3.05. The van der Waals surface area contributed by atoms with Gasteiger partial charge in [0.2, 0.25) is 0 Å². The average molecular weight is 317 g/mol. The minimum Gasteiger partial charge on any atom is -0.313 e. The summed E-state index contributed by atoms with van der Waals surface area (Å²) < 4.78 is 63.2. The zero-order valence-corrected chi connectivity index (χ0v) is 12.5. The summed E-state index contributed by atoms with van der Waals surface area (Å²) in [5.41, 5.74) is 0. The van der Waals surface area contributed by atoms with E-state index in [0.717, 1.165) is 10.7 Å². The lowest BCUT2D eigenvalue weighted by molar-refractivity contribution is -0.121. The van der Waals surface area contributed by atoms with Crippen LogP contribution in [0, 0.1) is 0 Å². The Balaban J connectivity index is 2.68. The highest BCUT2D eigenvalue weighted by Gasteiger charge is 2.35. The molecule has 0 aromatic rings. The Kier molecular flexibility index (Phi) is 6.24. The van der Waals surface area contributed by atoms with Gasteiger partial charge in [0.15, 0.2) is 0 Å². The first-order valence-electron chi connectivity index (χ1n) is 6.68. The first-order valence-corrected chi connectivity index (χ1v) is 8.12. The number of halogens is 3. The van der Waals surface area contributed by atoms with Crippen molar-refractivity contribution in [1.29, 1.82) is 0 Å². The van der Waals surface area contributed by atoms with Gasteiger partial charge in [0.05, 0.1) is 0 Å². The smallest absolute Gasteiger partial charge is 0.313 e. The van der Waals surface area contributed by atoms with Gasteiger partial charge >= 0.3 is 6.18 Å². The van der Waals surface area contributed by atoms with Crippen molar-refractivity contribution >= 4 is 10.2 Å². The number of rotatable bonds is 6. The van der Waals surface area contributed by atoms with Gasteiger partial charge in [0.25, 0.3) is 10.2 Å². The minimum atomic E-state index is -4.55. The molecule has 0 aromatic carbocycles. The topological polar surface area (TPSA) is 61.4 Å². The van der Waals surface area contributed by atoms with Crippen LogP contribution in [0.5, 0.6) is 0 Å². The van der Waals surface area contributed by atoms with Crippen LogP contribution < -0.4 is 10.0 Å². The van der Waals surface area contributed by atoms with E-state index >= 15 is 0 Å². The quantitative estimate of drug-likeness (QED) is 0.775. The molecule has 1 heterocycles. The fraction of sp³-hybridized carbons (Fsp3) is 1.00. The molecule has 0 saturated carbocycles. The Morgan fingerprint density at radius 3 is 2.50 bits per heavy atom. The predicted octanol–water partition coefficient (Wildman–Crippen LogP) is 1.24. The van der Waals surface area contributed by atoms with Crippen LogP contribution in [0.15, 0.2) is 0 Å². The highest BCUT2D eigenvalue weighted by molar-refractivity contribution is 7.87. The molecule has 2 N–H and O–H groups in total. The van der Waals surface area contributed by atoms with Crippen LogP contribution in [-0.2, 0) is 10.2 Å². The Morgan fingerprint density at radius 1 is 1.30 bits per heavy atom. The lowest BCUT2D eigenvalue weighted by atomic mass is 10.0. The molecule has 1 aliphatic rings. The Morgan fingerprint density at radius 2 is 1.95 bits per heavy atom. The SMILES string of the molecule is CC(C)NCC1CCCCN1S(=O)(=O)NCC(F)(F)F. The van der Waals surface area contributed by atoms with E-state index in [4.69, 9.17) is 0 Å². The Hall–Kier alpha value is -0.380. The first-order chi connectivity index (χ1) is 9.12. The summed E-state index contributed by atoms with van der Waals surface area (Å²) in [5.74, 6) is 0. The van der Waals surface area contributed by atoms with Gasteiger partial charge in [0.1, 0.15) is 6.54 Å². The summed E-state index contributed by atoms with van der Waals surface area (Å²) in [6, 6.07) is -0.0958. The largest absolute Gasteiger partial charge is 0.402 e. The van der Waals surface area contributed by atoms with Crippen molar-refractivity contribution in [1.82, 2.24) is 14.3 Å². The van der Waals surface area contributed by atoms with Gasteiger partial charge in [-0.1, -0.05) is 20.3 Å². The number of hydrogen-bond donors (Lipinski definition) is 2. The molecule has 1 saturated heterocycles. The Labute approximate surface area is 118 Å². The molecule has 0 bridgehead atoms. The molecule has 0 spiro atoms. The van der Waals surface area contributed by atoms with Gasteiger partial charge in [-0.05, 0) is 12.8 Å². The second-order valence-corrected chi connectivity index (χ2v) is 6.97. The molecular formula is C11H22F3N3O2S. The van der Waals surface area contributed by atoms with E-state index in [1.165, 1.54) is 0 Å². The van der Waals surface area contributed by atoms with Crippen LogP contribution in [0.4, 0.5) is 13.2 Å². The van der Waals surface area contributed by atoms with E-state index in [1.54, 1.807) is 4.72 Å². The summed E-state index contributed by atoms with van der Waals surface area (Å²) in [7, 11) is -4.09. The van der Waals surface area contributed by atoms with Gasteiger partial charge < -0.3 is 5.32 Å². The third kappa shape index (κ3) is 5.94. The van der Waals surface area contributed by atoms with Crippen LogP contribution in [-0.4, -0.2) is 50.6 Å². The van der Waals surface area contributed by atoms with Gasteiger partial charge in [-0.15, -0.1) is 0 Å². The van der Waals surface area contributed by atoms with Crippen LogP contribution in [0.2, 0.25) is 0 Å².